The number of hydrogen-bond donors (Lipinski definition) is 2. The third kappa shape index (κ3) is 7.32. The average molecular weight is 366 g/mol. The lowest BCUT2D eigenvalue weighted by molar-refractivity contribution is 0.159. The van der Waals surface area contributed by atoms with Gasteiger partial charge in [-0.15, -0.1) is 11.3 Å². The molecule has 0 spiro atoms. The van der Waals surface area contributed by atoms with Crippen LogP contribution in [0.25, 0.3) is 0 Å². The first-order valence-corrected chi connectivity index (χ1v) is 10.5. The SMILES string of the molecule is CCc1cnc(CCNC(=NC)NCC2CCCN(CC(C)C)C2)s1. The standard InChI is InChI=1S/C19H35N5S/c1-5-17-12-22-18(25-17)8-9-21-19(20-4)23-11-16-7-6-10-24(14-16)13-15(2)3/h12,15-16H,5-11,13-14H2,1-4H3,(H2,20,21,23). The number of aryl methyl sites for hydroxylation is 1. The zero-order chi connectivity index (χ0) is 18.1. The van der Waals surface area contributed by atoms with Crippen molar-refractivity contribution in [3.05, 3.63) is 16.1 Å². The minimum atomic E-state index is 0.720. The molecule has 142 valence electrons. The van der Waals surface area contributed by atoms with Gasteiger partial charge < -0.3 is 15.5 Å². The Labute approximate surface area is 157 Å². The Bertz CT molecular complexity index is 526. The van der Waals surface area contributed by atoms with Gasteiger partial charge in [0, 0.05) is 50.7 Å². The number of thiazole rings is 1. The van der Waals surface area contributed by atoms with Crippen LogP contribution in [0.3, 0.4) is 0 Å². The third-order valence-electron chi connectivity index (χ3n) is 4.59. The fourth-order valence-electron chi connectivity index (χ4n) is 3.38. The average Bonchev–Trinajstić information content (AvgIpc) is 3.05. The van der Waals surface area contributed by atoms with Crippen LogP contribution in [0.2, 0.25) is 0 Å². The molecule has 1 saturated heterocycles. The Morgan fingerprint density at radius 2 is 2.28 bits per heavy atom. The summed E-state index contributed by atoms with van der Waals surface area (Å²) in [6, 6.07) is 0. The van der Waals surface area contributed by atoms with Gasteiger partial charge in [0.2, 0.25) is 0 Å². The maximum Gasteiger partial charge on any atom is 0.191 e. The molecule has 0 aromatic carbocycles. The first-order chi connectivity index (χ1) is 12.1. The van der Waals surface area contributed by atoms with E-state index in [0.717, 1.165) is 43.7 Å². The van der Waals surface area contributed by atoms with Crippen molar-refractivity contribution in [2.24, 2.45) is 16.8 Å². The van der Waals surface area contributed by atoms with Gasteiger partial charge in [0.05, 0.1) is 5.01 Å². The van der Waals surface area contributed by atoms with E-state index >= 15 is 0 Å². The summed E-state index contributed by atoms with van der Waals surface area (Å²) >= 11 is 1.82. The van der Waals surface area contributed by atoms with Gasteiger partial charge in [-0.1, -0.05) is 20.8 Å². The van der Waals surface area contributed by atoms with Crippen LogP contribution < -0.4 is 10.6 Å². The molecule has 1 aromatic heterocycles. The molecule has 2 heterocycles. The van der Waals surface area contributed by atoms with E-state index in [1.165, 1.54) is 42.4 Å². The Hall–Kier alpha value is -1.14. The van der Waals surface area contributed by atoms with Gasteiger partial charge in [-0.25, -0.2) is 4.98 Å². The monoisotopic (exact) mass is 365 g/mol. The molecule has 0 aliphatic carbocycles. The molecule has 2 N–H and O–H groups in total. The summed E-state index contributed by atoms with van der Waals surface area (Å²) in [6.45, 7) is 12.4. The zero-order valence-corrected chi connectivity index (χ0v) is 17.2. The molecular formula is C19H35N5S. The highest BCUT2D eigenvalue weighted by Gasteiger charge is 2.20. The molecular weight excluding hydrogens is 330 g/mol. The number of guanidine groups is 1. The maximum atomic E-state index is 4.47. The normalized spacial score (nSPS) is 19.4. The van der Waals surface area contributed by atoms with E-state index in [2.05, 4.69) is 46.3 Å². The summed E-state index contributed by atoms with van der Waals surface area (Å²) in [5.74, 6) is 2.38. The first kappa shape index (κ1) is 20.2. The molecule has 1 unspecified atom stereocenters. The highest BCUT2D eigenvalue weighted by molar-refractivity contribution is 7.11. The van der Waals surface area contributed by atoms with Crippen molar-refractivity contribution in [1.29, 1.82) is 0 Å². The van der Waals surface area contributed by atoms with Crippen LogP contribution in [0.1, 0.15) is 43.5 Å². The van der Waals surface area contributed by atoms with Gasteiger partial charge in [-0.2, -0.15) is 0 Å². The van der Waals surface area contributed by atoms with E-state index in [9.17, 15) is 0 Å². The second-order valence-corrected chi connectivity index (χ2v) is 8.57. The van der Waals surface area contributed by atoms with Crippen molar-refractivity contribution < 1.29 is 0 Å². The van der Waals surface area contributed by atoms with E-state index in [4.69, 9.17) is 0 Å². The topological polar surface area (TPSA) is 52.6 Å². The number of aromatic nitrogens is 1. The second-order valence-electron chi connectivity index (χ2n) is 7.37. The summed E-state index contributed by atoms with van der Waals surface area (Å²) in [5.41, 5.74) is 0. The van der Waals surface area contributed by atoms with Gasteiger partial charge in [-0.3, -0.25) is 4.99 Å². The number of hydrogen-bond acceptors (Lipinski definition) is 4. The molecule has 1 aromatic rings. The summed E-state index contributed by atoms with van der Waals surface area (Å²) in [6.07, 6.45) is 6.66. The predicted octanol–water partition coefficient (Wildman–Crippen LogP) is 2.78. The molecule has 0 bridgehead atoms. The number of nitrogens with one attached hydrogen (secondary N) is 2. The van der Waals surface area contributed by atoms with Gasteiger partial charge in [-0.05, 0) is 37.6 Å². The minimum absolute atomic E-state index is 0.720. The molecule has 1 atom stereocenters. The second kappa shape index (κ2) is 10.8. The molecule has 0 amide bonds. The van der Waals surface area contributed by atoms with E-state index in [1.807, 2.05) is 24.6 Å². The van der Waals surface area contributed by atoms with Crippen molar-refractivity contribution in [2.75, 3.05) is 39.8 Å². The van der Waals surface area contributed by atoms with Crippen LogP contribution in [0.5, 0.6) is 0 Å². The van der Waals surface area contributed by atoms with Crippen molar-refractivity contribution >= 4 is 17.3 Å². The quantitative estimate of drug-likeness (QED) is 0.549. The highest BCUT2D eigenvalue weighted by Crippen LogP contribution is 2.17. The van der Waals surface area contributed by atoms with Crippen LogP contribution in [0.4, 0.5) is 0 Å². The van der Waals surface area contributed by atoms with Crippen LogP contribution in [0.15, 0.2) is 11.2 Å². The summed E-state index contributed by atoms with van der Waals surface area (Å²) in [4.78, 5) is 12.8. The van der Waals surface area contributed by atoms with Crippen LogP contribution in [-0.4, -0.2) is 55.6 Å². The predicted molar refractivity (Wildman–Crippen MR) is 109 cm³/mol. The number of aliphatic imine (C=N–C) groups is 1. The molecule has 6 heteroatoms. The van der Waals surface area contributed by atoms with Crippen LogP contribution in [0, 0.1) is 11.8 Å². The van der Waals surface area contributed by atoms with Gasteiger partial charge in [0.25, 0.3) is 0 Å². The summed E-state index contributed by atoms with van der Waals surface area (Å²) in [5, 5.41) is 8.14. The van der Waals surface area contributed by atoms with Crippen LogP contribution in [-0.2, 0) is 12.8 Å². The first-order valence-electron chi connectivity index (χ1n) is 9.71. The number of nitrogens with zero attached hydrogens (tertiary/aromatic N) is 3. The summed E-state index contributed by atoms with van der Waals surface area (Å²) < 4.78 is 0. The van der Waals surface area contributed by atoms with Crippen LogP contribution >= 0.6 is 11.3 Å². The molecule has 0 saturated carbocycles. The lowest BCUT2D eigenvalue weighted by atomic mass is 9.97. The van der Waals surface area contributed by atoms with E-state index < -0.39 is 0 Å². The molecule has 0 radical (unpaired) electrons. The fourth-order valence-corrected chi connectivity index (χ4v) is 4.24. The van der Waals surface area contributed by atoms with Crippen molar-refractivity contribution in [3.63, 3.8) is 0 Å². The minimum Gasteiger partial charge on any atom is -0.356 e. The van der Waals surface area contributed by atoms with E-state index in [-0.39, 0.29) is 0 Å². The largest absolute Gasteiger partial charge is 0.356 e. The van der Waals surface area contributed by atoms with Gasteiger partial charge >= 0.3 is 0 Å². The Kier molecular flexibility index (Phi) is 8.68. The Balaban J connectivity index is 1.67. The van der Waals surface area contributed by atoms with Crippen molar-refractivity contribution in [2.45, 2.75) is 46.5 Å². The van der Waals surface area contributed by atoms with Gasteiger partial charge in [0.1, 0.15) is 0 Å². The lowest BCUT2D eigenvalue weighted by Gasteiger charge is -2.34. The smallest absolute Gasteiger partial charge is 0.191 e. The number of likely N-dealkylation sites (tertiary alicyclic amines) is 1. The lowest BCUT2D eigenvalue weighted by Crippen LogP contribution is -2.45. The zero-order valence-electron chi connectivity index (χ0n) is 16.3. The van der Waals surface area contributed by atoms with Crippen molar-refractivity contribution in [3.8, 4) is 0 Å². The molecule has 1 aliphatic heterocycles. The Morgan fingerprint density at radius 3 is 2.96 bits per heavy atom. The molecule has 5 nitrogen and oxygen atoms in total. The van der Waals surface area contributed by atoms with Gasteiger partial charge in [0.15, 0.2) is 5.96 Å². The third-order valence-corrected chi connectivity index (χ3v) is 5.79. The van der Waals surface area contributed by atoms with E-state index in [0.29, 0.717) is 0 Å². The summed E-state index contributed by atoms with van der Waals surface area (Å²) in [7, 11) is 1.85. The molecule has 1 fully saturated rings. The number of rotatable bonds is 8. The highest BCUT2D eigenvalue weighted by atomic mass is 32.1. The number of piperidine rings is 1. The van der Waals surface area contributed by atoms with Crippen molar-refractivity contribution in [1.82, 2.24) is 20.5 Å². The Morgan fingerprint density at radius 1 is 1.44 bits per heavy atom. The molecule has 1 aliphatic rings. The molecule has 25 heavy (non-hydrogen) atoms. The van der Waals surface area contributed by atoms with E-state index in [1.54, 1.807) is 0 Å². The molecule has 2 rings (SSSR count). The fraction of sp³-hybridized carbons (Fsp3) is 0.789. The maximum absolute atomic E-state index is 4.47.